The second-order valence-electron chi connectivity index (χ2n) is 8.90. The predicted molar refractivity (Wildman–Crippen MR) is 188 cm³/mol. The normalized spacial score (nSPS) is 10.7. The number of ketones is 2. The third-order valence-electron chi connectivity index (χ3n) is 5.57. The van der Waals surface area contributed by atoms with Crippen LogP contribution in [0, 0.1) is 12.8 Å². The van der Waals surface area contributed by atoms with Crippen LogP contribution in [0.5, 0.6) is 0 Å². The Hall–Kier alpha value is -3.09. The van der Waals surface area contributed by atoms with Crippen LogP contribution in [0.3, 0.4) is 0 Å². The molecule has 2 rings (SSSR count). The van der Waals surface area contributed by atoms with Gasteiger partial charge in [-0.05, 0) is 78.2 Å². The molecular formula is C37H64N2O4. The van der Waals surface area contributed by atoms with Crippen molar-refractivity contribution in [3.05, 3.63) is 73.0 Å². The van der Waals surface area contributed by atoms with E-state index < -0.39 is 0 Å². The highest BCUT2D eigenvalue weighted by Gasteiger charge is 2.13. The highest BCUT2D eigenvalue weighted by molar-refractivity contribution is 5.85. The molecule has 6 nitrogen and oxygen atoms in total. The van der Waals surface area contributed by atoms with E-state index in [-0.39, 0.29) is 30.2 Å². The van der Waals surface area contributed by atoms with Crippen molar-refractivity contribution < 1.29 is 19.4 Å². The minimum absolute atomic E-state index is 0.0389. The summed E-state index contributed by atoms with van der Waals surface area (Å²) in [6.45, 7) is 33.3. The molecule has 1 heterocycles. The van der Waals surface area contributed by atoms with E-state index in [1.54, 1.807) is 10.8 Å². The van der Waals surface area contributed by atoms with Crippen LogP contribution in [-0.2, 0) is 20.9 Å². The van der Waals surface area contributed by atoms with Gasteiger partial charge in [0, 0.05) is 24.5 Å². The van der Waals surface area contributed by atoms with Gasteiger partial charge in [0.1, 0.15) is 11.6 Å². The molecule has 0 saturated heterocycles. The maximum atomic E-state index is 10.8. The molecule has 0 unspecified atom stereocenters. The Morgan fingerprint density at radius 2 is 1.60 bits per heavy atom. The highest BCUT2D eigenvalue weighted by Crippen LogP contribution is 2.24. The van der Waals surface area contributed by atoms with E-state index in [1.807, 2.05) is 113 Å². The molecule has 0 spiro atoms. The Bertz CT molecular complexity index is 1020. The number of Topliss-reactive ketones (excluding diaryl/α,β-unsaturated/α-hetero) is 2. The van der Waals surface area contributed by atoms with E-state index in [2.05, 4.69) is 24.3 Å². The highest BCUT2D eigenvalue weighted by atomic mass is 16.5. The van der Waals surface area contributed by atoms with Crippen LogP contribution in [0.2, 0.25) is 0 Å². The van der Waals surface area contributed by atoms with Crippen molar-refractivity contribution in [1.82, 2.24) is 9.78 Å². The fraction of sp³-hybridized carbons (Fsp3) is 0.541. The van der Waals surface area contributed by atoms with E-state index in [0.717, 1.165) is 34.6 Å². The number of nitrogens with zero attached hydrogens (tertiary/aromatic N) is 2. The summed E-state index contributed by atoms with van der Waals surface area (Å²) in [6, 6.07) is 10.2. The van der Waals surface area contributed by atoms with Gasteiger partial charge in [0.25, 0.3) is 0 Å². The molecule has 246 valence electrons. The first-order valence-electron chi connectivity index (χ1n) is 15.8. The number of hydrogen-bond acceptors (Lipinski definition) is 5. The molecule has 0 radical (unpaired) electrons. The van der Waals surface area contributed by atoms with Crippen molar-refractivity contribution in [3.63, 3.8) is 0 Å². The monoisotopic (exact) mass is 600 g/mol. The van der Waals surface area contributed by atoms with E-state index in [4.69, 9.17) is 9.84 Å². The summed E-state index contributed by atoms with van der Waals surface area (Å²) in [6.07, 6.45) is 7.56. The first-order chi connectivity index (χ1) is 20.5. The van der Waals surface area contributed by atoms with E-state index >= 15 is 0 Å². The second-order valence-corrected chi connectivity index (χ2v) is 8.90. The molecule has 1 aromatic heterocycles. The number of aliphatic hydroxyl groups is 1. The van der Waals surface area contributed by atoms with Crippen LogP contribution in [0.4, 0.5) is 0 Å². The van der Waals surface area contributed by atoms with Gasteiger partial charge in [-0.1, -0.05) is 92.0 Å². The van der Waals surface area contributed by atoms with Crippen molar-refractivity contribution in [1.29, 1.82) is 0 Å². The molecular weight excluding hydrogens is 536 g/mol. The van der Waals surface area contributed by atoms with Crippen LogP contribution < -0.4 is 0 Å². The van der Waals surface area contributed by atoms with Crippen LogP contribution in [0.15, 0.2) is 61.7 Å². The molecule has 0 amide bonds. The maximum Gasteiger partial charge on any atom is 0.133 e. The molecule has 1 N–H and O–H groups in total. The van der Waals surface area contributed by atoms with Crippen LogP contribution >= 0.6 is 0 Å². The van der Waals surface area contributed by atoms with Gasteiger partial charge in [-0.15, -0.1) is 0 Å². The second kappa shape index (κ2) is 31.8. The summed E-state index contributed by atoms with van der Waals surface area (Å²) in [5.74, 6) is 0.178. The number of aromatic nitrogens is 2. The number of allylic oxidation sites excluding steroid dienone is 4. The van der Waals surface area contributed by atoms with Crippen molar-refractivity contribution >= 4 is 17.3 Å². The van der Waals surface area contributed by atoms with Gasteiger partial charge in [-0.3, -0.25) is 4.79 Å². The van der Waals surface area contributed by atoms with Gasteiger partial charge in [-0.2, -0.15) is 5.10 Å². The van der Waals surface area contributed by atoms with E-state index in [0.29, 0.717) is 19.4 Å². The smallest absolute Gasteiger partial charge is 0.133 e. The molecule has 0 aliphatic carbocycles. The number of ether oxygens (including phenoxy) is 1. The SMILES string of the molecule is C/C=C\C.C=CC(=C)n1nc(C)cc1-c1cccc(CO[C@H](C)CCO)c1.CC.CC.CC.CC[C@H](CC(C)=O)C(C)=O. The number of aryl methyl sites for hydroxylation is 1. The summed E-state index contributed by atoms with van der Waals surface area (Å²) >= 11 is 0. The van der Waals surface area contributed by atoms with Gasteiger partial charge >= 0.3 is 0 Å². The first kappa shape index (κ1) is 46.9. The number of carbonyl (C=O) groups excluding carboxylic acids is 2. The zero-order chi connectivity index (χ0) is 34.4. The molecule has 0 bridgehead atoms. The summed E-state index contributed by atoms with van der Waals surface area (Å²) in [5.41, 5.74) is 4.80. The van der Waals surface area contributed by atoms with Crippen molar-refractivity contribution in [2.45, 2.75) is 122 Å². The lowest BCUT2D eigenvalue weighted by Gasteiger charge is -2.13. The molecule has 0 saturated carbocycles. The van der Waals surface area contributed by atoms with E-state index in [1.165, 1.54) is 13.8 Å². The Morgan fingerprint density at radius 3 is 2.00 bits per heavy atom. The van der Waals surface area contributed by atoms with E-state index in [9.17, 15) is 9.59 Å². The van der Waals surface area contributed by atoms with Gasteiger partial charge in [0.2, 0.25) is 0 Å². The summed E-state index contributed by atoms with van der Waals surface area (Å²) < 4.78 is 7.55. The molecule has 43 heavy (non-hydrogen) atoms. The number of carbonyl (C=O) groups is 2. The minimum atomic E-state index is -0.0440. The number of benzene rings is 1. The van der Waals surface area contributed by atoms with Crippen molar-refractivity contribution in [3.8, 4) is 11.3 Å². The molecule has 2 atom stereocenters. The lowest BCUT2D eigenvalue weighted by molar-refractivity contribution is -0.125. The van der Waals surface area contributed by atoms with Crippen LogP contribution in [0.1, 0.15) is 114 Å². The Kier molecular flexibility index (Phi) is 34.7. The quantitative estimate of drug-likeness (QED) is 0.194. The third kappa shape index (κ3) is 23.1. The molecule has 1 aromatic carbocycles. The number of rotatable bonds is 12. The number of aliphatic hydroxyl groups excluding tert-OH is 1. The van der Waals surface area contributed by atoms with Crippen molar-refractivity contribution in [2.24, 2.45) is 5.92 Å². The zero-order valence-electron chi connectivity index (χ0n) is 29.8. The maximum absolute atomic E-state index is 10.8. The summed E-state index contributed by atoms with van der Waals surface area (Å²) in [5, 5.41) is 13.4. The predicted octanol–water partition coefficient (Wildman–Crippen LogP) is 10.0. The Balaban J connectivity index is -0.000000316. The fourth-order valence-corrected chi connectivity index (χ4v) is 3.26. The lowest BCUT2D eigenvalue weighted by Crippen LogP contribution is -2.12. The molecule has 0 fully saturated rings. The molecule has 0 aliphatic heterocycles. The minimum Gasteiger partial charge on any atom is -0.396 e. The Labute approximate surface area is 265 Å². The van der Waals surface area contributed by atoms with Crippen LogP contribution in [0.25, 0.3) is 17.0 Å². The van der Waals surface area contributed by atoms with Gasteiger partial charge in [0.15, 0.2) is 0 Å². The van der Waals surface area contributed by atoms with Gasteiger partial charge in [-0.25, -0.2) is 4.68 Å². The lowest BCUT2D eigenvalue weighted by atomic mass is 9.96. The third-order valence-corrected chi connectivity index (χ3v) is 5.57. The standard InChI is InChI=1S/C19H24N2O2.C8H14O2.C4H8.3C2H6/c1-5-15(3)21-19(11-14(2)20-21)18-8-6-7-17(12-18)13-23-16(4)9-10-22;1-4-8(7(3)10)5-6(2)9;1-3-4-2;3*1-2/h5-8,11-12,16,22H,1,3,9-10,13H2,2,4H3;8H,4-5H2,1-3H3;3-4H,1-2H3;3*1-2H3/b;;4-3-;;;/t16-;8-;;;;/m11..../s1. The topological polar surface area (TPSA) is 81.4 Å². The molecule has 0 aliphatic rings. The average molecular weight is 601 g/mol. The van der Waals surface area contributed by atoms with Crippen molar-refractivity contribution in [2.75, 3.05) is 6.61 Å². The molecule has 6 heteroatoms. The fourth-order valence-electron chi connectivity index (χ4n) is 3.26. The average Bonchev–Trinajstić information content (AvgIpc) is 3.43. The number of hydrogen-bond donors (Lipinski definition) is 1. The first-order valence-corrected chi connectivity index (χ1v) is 15.8. The largest absolute Gasteiger partial charge is 0.396 e. The summed E-state index contributed by atoms with van der Waals surface area (Å²) in [7, 11) is 0. The zero-order valence-corrected chi connectivity index (χ0v) is 29.8. The Morgan fingerprint density at radius 1 is 1.05 bits per heavy atom. The van der Waals surface area contributed by atoms with Gasteiger partial charge in [0.05, 0.1) is 29.8 Å². The summed E-state index contributed by atoms with van der Waals surface area (Å²) in [4.78, 5) is 21.3. The van der Waals surface area contributed by atoms with Crippen LogP contribution in [-0.4, -0.2) is 39.2 Å². The molecule has 2 aromatic rings. The van der Waals surface area contributed by atoms with Gasteiger partial charge < -0.3 is 14.6 Å².